The van der Waals surface area contributed by atoms with Gasteiger partial charge in [0.15, 0.2) is 11.5 Å². The fraction of sp³-hybridized carbons (Fsp3) is 0.619. The van der Waals surface area contributed by atoms with Crippen LogP contribution >= 0.6 is 0 Å². The van der Waals surface area contributed by atoms with E-state index in [1.54, 1.807) is 35.0 Å². The number of ether oxygens (including phenoxy) is 3. The highest BCUT2D eigenvalue weighted by molar-refractivity contribution is 5.69. The van der Waals surface area contributed by atoms with Crippen molar-refractivity contribution < 1.29 is 28.9 Å². The predicted molar refractivity (Wildman–Crippen MR) is 110 cm³/mol. The van der Waals surface area contributed by atoms with E-state index in [2.05, 4.69) is 15.5 Å². The van der Waals surface area contributed by atoms with E-state index in [0.29, 0.717) is 24.5 Å². The summed E-state index contributed by atoms with van der Waals surface area (Å²) in [5.41, 5.74) is 1.65. The quantitative estimate of drug-likeness (QED) is 0.685. The van der Waals surface area contributed by atoms with Crippen LogP contribution in [0.3, 0.4) is 0 Å². The summed E-state index contributed by atoms with van der Waals surface area (Å²) in [7, 11) is 3.22. The van der Waals surface area contributed by atoms with Gasteiger partial charge < -0.3 is 30.0 Å². The van der Waals surface area contributed by atoms with Crippen molar-refractivity contribution in [3.63, 3.8) is 0 Å². The Hall–Kier alpha value is -2.68. The third-order valence-electron chi connectivity index (χ3n) is 5.52. The number of benzene rings is 1. The van der Waals surface area contributed by atoms with Crippen molar-refractivity contribution in [3.05, 3.63) is 23.3 Å². The maximum atomic E-state index is 12.4. The lowest BCUT2D eigenvalue weighted by Crippen LogP contribution is -2.62. The molecule has 2 aliphatic heterocycles. The molecule has 0 saturated carbocycles. The summed E-state index contributed by atoms with van der Waals surface area (Å²) in [6.45, 7) is 6.66. The molecule has 3 unspecified atom stereocenters. The monoisotopic (exact) mass is 421 g/mol. The summed E-state index contributed by atoms with van der Waals surface area (Å²) in [6.07, 6.45) is -0.289. The Morgan fingerprint density at radius 2 is 1.77 bits per heavy atom. The summed E-state index contributed by atoms with van der Waals surface area (Å²) >= 11 is 0. The highest BCUT2D eigenvalue weighted by Crippen LogP contribution is 2.41. The van der Waals surface area contributed by atoms with Crippen molar-refractivity contribution in [2.75, 3.05) is 27.3 Å². The van der Waals surface area contributed by atoms with Crippen LogP contribution in [-0.4, -0.2) is 67.2 Å². The Morgan fingerprint density at radius 1 is 1.10 bits per heavy atom. The van der Waals surface area contributed by atoms with Crippen LogP contribution in [0.25, 0.3) is 0 Å². The first-order chi connectivity index (χ1) is 14.1. The summed E-state index contributed by atoms with van der Waals surface area (Å²) in [4.78, 5) is 26.0. The zero-order chi connectivity index (χ0) is 22.1. The average Bonchev–Trinajstić information content (AvgIpc) is 2.65. The Labute approximate surface area is 176 Å². The maximum Gasteiger partial charge on any atom is 0.407 e. The molecule has 2 amide bonds. The van der Waals surface area contributed by atoms with Gasteiger partial charge in [0.25, 0.3) is 0 Å². The summed E-state index contributed by atoms with van der Waals surface area (Å²) < 4.78 is 16.3. The molecule has 3 N–H and O–H groups in total. The molecule has 30 heavy (non-hydrogen) atoms. The number of alkyl carbamates (subject to hydrolysis) is 1. The summed E-state index contributed by atoms with van der Waals surface area (Å²) in [5.74, 6) is 1.34. The zero-order valence-corrected chi connectivity index (χ0v) is 18.2. The van der Waals surface area contributed by atoms with Crippen LogP contribution in [0, 0.1) is 0 Å². The second-order valence-electron chi connectivity index (χ2n) is 8.71. The number of amides is 2. The molecule has 1 aromatic rings. The van der Waals surface area contributed by atoms with Gasteiger partial charge in [-0.2, -0.15) is 0 Å². The number of hydrogen-bond donors (Lipinski definition) is 3. The number of hydrogen-bond acceptors (Lipinski definition) is 6. The van der Waals surface area contributed by atoms with Gasteiger partial charge in [0.05, 0.1) is 26.3 Å². The van der Waals surface area contributed by atoms with Crippen LogP contribution in [0.1, 0.15) is 44.4 Å². The van der Waals surface area contributed by atoms with Gasteiger partial charge in [-0.05, 0) is 56.9 Å². The second-order valence-corrected chi connectivity index (χ2v) is 8.71. The number of nitrogens with zero attached hydrogens (tertiary/aromatic N) is 1. The maximum absolute atomic E-state index is 12.4. The topological polar surface area (TPSA) is 109 Å². The molecule has 3 atom stereocenters. The first-order valence-electron chi connectivity index (χ1n) is 10.1. The van der Waals surface area contributed by atoms with E-state index in [9.17, 15) is 14.7 Å². The van der Waals surface area contributed by atoms with Crippen molar-refractivity contribution in [2.45, 2.75) is 57.3 Å². The van der Waals surface area contributed by atoms with Crippen molar-refractivity contribution in [3.8, 4) is 11.5 Å². The largest absolute Gasteiger partial charge is 0.493 e. The minimum absolute atomic E-state index is 0.0281. The molecule has 0 radical (unpaired) electrons. The fourth-order valence-electron chi connectivity index (χ4n) is 4.28. The third kappa shape index (κ3) is 4.89. The van der Waals surface area contributed by atoms with E-state index in [1.165, 1.54) is 5.56 Å². The van der Waals surface area contributed by atoms with Gasteiger partial charge in [0, 0.05) is 19.1 Å². The van der Waals surface area contributed by atoms with Crippen LogP contribution in [0.15, 0.2) is 12.1 Å². The Balaban J connectivity index is 1.87. The lowest BCUT2D eigenvalue weighted by molar-refractivity contribution is 0.0389. The zero-order valence-electron chi connectivity index (χ0n) is 18.2. The molecule has 0 bridgehead atoms. The highest BCUT2D eigenvalue weighted by atomic mass is 16.6. The molecule has 0 aromatic heterocycles. The molecular formula is C21H31N3O6. The van der Waals surface area contributed by atoms with E-state index in [0.717, 1.165) is 18.5 Å². The van der Waals surface area contributed by atoms with Gasteiger partial charge in [-0.1, -0.05) is 0 Å². The average molecular weight is 421 g/mol. The number of carbonyl (C=O) groups is 2. The van der Waals surface area contributed by atoms with Gasteiger partial charge in [0.1, 0.15) is 5.60 Å². The molecule has 1 fully saturated rings. The van der Waals surface area contributed by atoms with Gasteiger partial charge >= 0.3 is 12.2 Å². The van der Waals surface area contributed by atoms with Gasteiger partial charge in [-0.15, -0.1) is 0 Å². The van der Waals surface area contributed by atoms with E-state index in [-0.39, 0.29) is 6.04 Å². The molecule has 166 valence electrons. The molecule has 9 heteroatoms. The van der Waals surface area contributed by atoms with Crippen LogP contribution in [0.2, 0.25) is 0 Å². The Bertz CT molecular complexity index is 807. The number of carbonyl (C=O) groups excluding carboxylic acids is 1. The van der Waals surface area contributed by atoms with E-state index < -0.39 is 29.9 Å². The van der Waals surface area contributed by atoms with E-state index in [4.69, 9.17) is 14.2 Å². The number of carboxylic acid groups (broad SMARTS) is 1. The first kappa shape index (κ1) is 22.0. The van der Waals surface area contributed by atoms with Gasteiger partial charge in [-0.25, -0.2) is 9.59 Å². The molecular weight excluding hydrogens is 390 g/mol. The minimum Gasteiger partial charge on any atom is -0.493 e. The Morgan fingerprint density at radius 3 is 2.37 bits per heavy atom. The van der Waals surface area contributed by atoms with Crippen LogP contribution in [0.5, 0.6) is 11.5 Å². The van der Waals surface area contributed by atoms with Crippen molar-refractivity contribution >= 4 is 12.2 Å². The number of piperidine rings is 1. The molecule has 1 aromatic carbocycles. The van der Waals surface area contributed by atoms with Gasteiger partial charge in [0.2, 0.25) is 0 Å². The van der Waals surface area contributed by atoms with Crippen LogP contribution in [-0.2, 0) is 11.2 Å². The number of rotatable bonds is 4. The molecule has 2 aliphatic rings. The second kappa shape index (κ2) is 8.59. The normalized spacial score (nSPS) is 23.6. The van der Waals surface area contributed by atoms with Crippen molar-refractivity contribution in [2.24, 2.45) is 0 Å². The molecule has 1 saturated heterocycles. The summed E-state index contributed by atoms with van der Waals surface area (Å²) in [6, 6.07) is 3.17. The number of nitrogens with one attached hydrogen (secondary N) is 2. The molecule has 3 rings (SSSR count). The fourth-order valence-corrected chi connectivity index (χ4v) is 4.28. The molecule has 0 spiro atoms. The molecule has 0 aliphatic carbocycles. The number of fused-ring (bicyclic) bond motifs is 3. The van der Waals surface area contributed by atoms with Crippen LogP contribution < -0.4 is 20.1 Å². The van der Waals surface area contributed by atoms with Crippen molar-refractivity contribution in [1.29, 1.82) is 0 Å². The third-order valence-corrected chi connectivity index (χ3v) is 5.52. The predicted octanol–water partition coefficient (Wildman–Crippen LogP) is 2.54. The SMILES string of the molecule is COc1cc2c(cc1OC)C1CC(NC(=O)OC(C)(C)C)C(NC(=O)O)CN1CC2. The minimum atomic E-state index is -1.11. The standard InChI is InChI=1S/C21H31N3O6/c1-21(2,3)30-20(27)23-14-10-16-13-9-18(29-5)17(28-4)8-12(13)6-7-24(16)11-15(14)22-19(25)26/h8-9,14-16,22H,6-7,10-11H2,1-5H3,(H,23,27)(H,25,26). The van der Waals surface area contributed by atoms with E-state index >= 15 is 0 Å². The number of methoxy groups -OCH3 is 2. The lowest BCUT2D eigenvalue weighted by Gasteiger charge is -2.47. The van der Waals surface area contributed by atoms with E-state index in [1.807, 2.05) is 12.1 Å². The highest BCUT2D eigenvalue weighted by Gasteiger charge is 2.41. The van der Waals surface area contributed by atoms with Gasteiger partial charge in [-0.3, -0.25) is 4.90 Å². The van der Waals surface area contributed by atoms with Crippen molar-refractivity contribution in [1.82, 2.24) is 15.5 Å². The Kier molecular flexibility index (Phi) is 6.30. The first-order valence-corrected chi connectivity index (χ1v) is 10.1. The lowest BCUT2D eigenvalue weighted by atomic mass is 9.83. The molecule has 2 heterocycles. The smallest absolute Gasteiger partial charge is 0.407 e. The van der Waals surface area contributed by atoms with Crippen LogP contribution in [0.4, 0.5) is 9.59 Å². The molecule has 9 nitrogen and oxygen atoms in total. The summed E-state index contributed by atoms with van der Waals surface area (Å²) in [5, 5.41) is 14.7.